The second-order valence-corrected chi connectivity index (χ2v) is 4.21. The normalized spacial score (nSPS) is 15.9. The summed E-state index contributed by atoms with van der Waals surface area (Å²) >= 11 is 0. The van der Waals surface area contributed by atoms with E-state index in [0.717, 1.165) is 10.5 Å². The lowest BCUT2D eigenvalue weighted by atomic mass is 10.0. The zero-order valence-corrected chi connectivity index (χ0v) is 10.0. The lowest BCUT2D eigenvalue weighted by molar-refractivity contribution is -0.143. The van der Waals surface area contributed by atoms with Crippen LogP contribution in [0.15, 0.2) is 41.5 Å². The fourth-order valence-electron chi connectivity index (χ4n) is 1.91. The van der Waals surface area contributed by atoms with Crippen LogP contribution in [0.4, 0.5) is 0 Å². The Bertz CT molecular complexity index is 567. The molecule has 4 heteroatoms. The SMILES string of the molecule is CC1=C(C#N)C(=O)N(Cc2ccccc2)C(=O)C1. The maximum Gasteiger partial charge on any atom is 0.271 e. The van der Waals surface area contributed by atoms with Gasteiger partial charge in [-0.2, -0.15) is 5.26 Å². The van der Waals surface area contributed by atoms with E-state index in [1.807, 2.05) is 36.4 Å². The van der Waals surface area contributed by atoms with Crippen LogP contribution in [0.3, 0.4) is 0 Å². The second-order valence-electron chi connectivity index (χ2n) is 4.21. The quantitative estimate of drug-likeness (QED) is 0.740. The van der Waals surface area contributed by atoms with Crippen LogP contribution in [0.1, 0.15) is 18.9 Å². The van der Waals surface area contributed by atoms with Gasteiger partial charge >= 0.3 is 0 Å². The minimum atomic E-state index is -0.491. The number of amides is 2. The van der Waals surface area contributed by atoms with E-state index in [0.29, 0.717) is 5.57 Å². The zero-order chi connectivity index (χ0) is 13.1. The van der Waals surface area contributed by atoms with Crippen molar-refractivity contribution in [3.8, 4) is 6.07 Å². The largest absolute Gasteiger partial charge is 0.274 e. The summed E-state index contributed by atoms with van der Waals surface area (Å²) in [6, 6.07) is 11.1. The first-order valence-corrected chi connectivity index (χ1v) is 5.62. The summed E-state index contributed by atoms with van der Waals surface area (Å²) in [7, 11) is 0. The Labute approximate surface area is 105 Å². The van der Waals surface area contributed by atoms with Crippen LogP contribution in [0.25, 0.3) is 0 Å². The molecule has 0 radical (unpaired) electrons. The van der Waals surface area contributed by atoms with Gasteiger partial charge in [-0.15, -0.1) is 0 Å². The summed E-state index contributed by atoms with van der Waals surface area (Å²) in [6.45, 7) is 1.87. The fourth-order valence-corrected chi connectivity index (χ4v) is 1.91. The summed E-state index contributed by atoms with van der Waals surface area (Å²) in [4.78, 5) is 25.0. The number of hydrogen-bond acceptors (Lipinski definition) is 3. The van der Waals surface area contributed by atoms with E-state index in [1.54, 1.807) is 6.92 Å². The number of nitriles is 1. The van der Waals surface area contributed by atoms with Gasteiger partial charge in [0.1, 0.15) is 11.6 Å². The Morgan fingerprint density at radius 3 is 2.56 bits per heavy atom. The molecular weight excluding hydrogens is 228 g/mol. The molecule has 0 aliphatic carbocycles. The molecule has 0 saturated heterocycles. The monoisotopic (exact) mass is 240 g/mol. The van der Waals surface area contributed by atoms with E-state index >= 15 is 0 Å². The Morgan fingerprint density at radius 2 is 1.94 bits per heavy atom. The van der Waals surface area contributed by atoms with Crippen LogP contribution in [0.5, 0.6) is 0 Å². The molecular formula is C14H12N2O2. The van der Waals surface area contributed by atoms with Crippen molar-refractivity contribution in [2.24, 2.45) is 0 Å². The predicted octanol–water partition coefficient (Wildman–Crippen LogP) is 1.79. The molecule has 0 saturated carbocycles. The van der Waals surface area contributed by atoms with Gasteiger partial charge in [-0.3, -0.25) is 14.5 Å². The van der Waals surface area contributed by atoms with Crippen LogP contribution in [0, 0.1) is 11.3 Å². The molecule has 1 aromatic carbocycles. The molecule has 0 N–H and O–H groups in total. The molecule has 1 aliphatic heterocycles. The molecule has 18 heavy (non-hydrogen) atoms. The van der Waals surface area contributed by atoms with Gasteiger partial charge in [0.05, 0.1) is 6.54 Å². The molecule has 1 aliphatic rings. The summed E-state index contributed by atoms with van der Waals surface area (Å²) in [5, 5.41) is 8.94. The Kier molecular flexibility index (Phi) is 3.24. The second kappa shape index (κ2) is 4.84. The molecule has 0 bridgehead atoms. The van der Waals surface area contributed by atoms with Crippen molar-refractivity contribution >= 4 is 11.8 Å². The molecule has 4 nitrogen and oxygen atoms in total. The molecule has 0 unspecified atom stereocenters. The molecule has 0 aromatic heterocycles. The maximum atomic E-state index is 12.0. The summed E-state index contributed by atoms with van der Waals surface area (Å²) in [5.41, 5.74) is 1.51. The van der Waals surface area contributed by atoms with Crippen molar-refractivity contribution in [3.63, 3.8) is 0 Å². The first-order chi connectivity index (χ1) is 8.63. The summed E-state index contributed by atoms with van der Waals surface area (Å²) < 4.78 is 0. The number of carbonyl (C=O) groups is 2. The van der Waals surface area contributed by atoms with Crippen molar-refractivity contribution in [2.75, 3.05) is 0 Å². The fraction of sp³-hybridized carbons (Fsp3) is 0.214. The van der Waals surface area contributed by atoms with Gasteiger partial charge in [-0.05, 0) is 18.1 Å². The maximum absolute atomic E-state index is 12.0. The van der Waals surface area contributed by atoms with Crippen molar-refractivity contribution in [2.45, 2.75) is 19.9 Å². The van der Waals surface area contributed by atoms with Gasteiger partial charge in [-0.25, -0.2) is 0 Å². The standard InChI is InChI=1S/C14H12N2O2/c1-10-7-13(17)16(14(18)12(10)8-15)9-11-5-3-2-4-6-11/h2-6H,7,9H2,1H3. The van der Waals surface area contributed by atoms with Crippen LogP contribution in [-0.2, 0) is 16.1 Å². The van der Waals surface area contributed by atoms with Crippen LogP contribution >= 0.6 is 0 Å². The minimum absolute atomic E-state index is 0.0885. The summed E-state index contributed by atoms with van der Waals surface area (Å²) in [6.07, 6.45) is 0.140. The van der Waals surface area contributed by atoms with Gasteiger partial charge in [0, 0.05) is 6.42 Å². The van der Waals surface area contributed by atoms with E-state index in [2.05, 4.69) is 0 Å². The average molecular weight is 240 g/mol. The zero-order valence-electron chi connectivity index (χ0n) is 10.0. The van der Waals surface area contributed by atoms with Gasteiger partial charge in [0.2, 0.25) is 5.91 Å². The van der Waals surface area contributed by atoms with Crippen LogP contribution in [0.2, 0.25) is 0 Å². The number of imide groups is 1. The third-order valence-electron chi connectivity index (χ3n) is 2.90. The molecule has 0 fully saturated rings. The molecule has 2 amide bonds. The first-order valence-electron chi connectivity index (χ1n) is 5.62. The molecule has 2 rings (SSSR count). The summed E-state index contributed by atoms with van der Waals surface area (Å²) in [5.74, 6) is -0.740. The van der Waals surface area contributed by atoms with Gasteiger partial charge < -0.3 is 0 Å². The van der Waals surface area contributed by atoms with Crippen molar-refractivity contribution in [1.82, 2.24) is 4.90 Å². The molecule has 90 valence electrons. The van der Waals surface area contributed by atoms with Crippen molar-refractivity contribution in [1.29, 1.82) is 5.26 Å². The third kappa shape index (κ3) is 2.16. The Morgan fingerprint density at radius 1 is 1.28 bits per heavy atom. The predicted molar refractivity (Wildman–Crippen MR) is 64.9 cm³/mol. The molecule has 0 atom stereocenters. The van der Waals surface area contributed by atoms with Crippen LogP contribution < -0.4 is 0 Å². The highest BCUT2D eigenvalue weighted by Gasteiger charge is 2.31. The number of nitrogens with zero attached hydrogens (tertiary/aromatic N) is 2. The highest BCUT2D eigenvalue weighted by molar-refractivity contribution is 6.10. The lowest BCUT2D eigenvalue weighted by Gasteiger charge is -2.25. The van der Waals surface area contributed by atoms with Gasteiger partial charge in [0.15, 0.2) is 0 Å². The van der Waals surface area contributed by atoms with Crippen molar-refractivity contribution < 1.29 is 9.59 Å². The van der Waals surface area contributed by atoms with E-state index in [1.165, 1.54) is 0 Å². The van der Waals surface area contributed by atoms with Crippen molar-refractivity contribution in [3.05, 3.63) is 47.0 Å². The highest BCUT2D eigenvalue weighted by Crippen LogP contribution is 2.21. The third-order valence-corrected chi connectivity index (χ3v) is 2.90. The molecule has 0 spiro atoms. The molecule has 1 heterocycles. The smallest absolute Gasteiger partial charge is 0.271 e. The van der Waals surface area contributed by atoms with E-state index in [-0.39, 0.29) is 24.4 Å². The topological polar surface area (TPSA) is 61.2 Å². The minimum Gasteiger partial charge on any atom is -0.274 e. The van der Waals surface area contributed by atoms with E-state index in [9.17, 15) is 9.59 Å². The highest BCUT2D eigenvalue weighted by atomic mass is 16.2. The van der Waals surface area contributed by atoms with Gasteiger partial charge in [-0.1, -0.05) is 30.3 Å². The lowest BCUT2D eigenvalue weighted by Crippen LogP contribution is -2.40. The molecule has 1 aromatic rings. The number of carbonyl (C=O) groups excluding carboxylic acids is 2. The average Bonchev–Trinajstić information content (AvgIpc) is 2.36. The number of hydrogen-bond donors (Lipinski definition) is 0. The Balaban J connectivity index is 2.28. The Hall–Kier alpha value is -2.41. The van der Waals surface area contributed by atoms with Gasteiger partial charge in [0.25, 0.3) is 5.91 Å². The first kappa shape index (κ1) is 12.1. The van der Waals surface area contributed by atoms with E-state index < -0.39 is 5.91 Å². The van der Waals surface area contributed by atoms with Crippen LogP contribution in [-0.4, -0.2) is 16.7 Å². The number of benzene rings is 1. The van der Waals surface area contributed by atoms with E-state index in [4.69, 9.17) is 5.26 Å². The number of rotatable bonds is 2.